The number of nitrogen functional groups attached to an aromatic ring is 1. The summed E-state index contributed by atoms with van der Waals surface area (Å²) in [5.74, 6) is 5.59. The summed E-state index contributed by atoms with van der Waals surface area (Å²) in [7, 11) is 1.74. The van der Waals surface area contributed by atoms with Crippen LogP contribution in [0.25, 0.3) is 0 Å². The van der Waals surface area contributed by atoms with Crippen LogP contribution in [0.2, 0.25) is 5.02 Å². The van der Waals surface area contributed by atoms with Crippen LogP contribution in [0.15, 0.2) is 42.5 Å². The largest absolute Gasteiger partial charge is 0.334 e. The number of hydrogen-bond acceptors (Lipinski definition) is 4. The van der Waals surface area contributed by atoms with Gasteiger partial charge in [0.05, 0.1) is 6.04 Å². The van der Waals surface area contributed by atoms with Gasteiger partial charge in [0.2, 0.25) is 0 Å². The van der Waals surface area contributed by atoms with Crippen LogP contribution in [0.1, 0.15) is 29.0 Å². The van der Waals surface area contributed by atoms with Gasteiger partial charge in [0.15, 0.2) is 0 Å². The van der Waals surface area contributed by atoms with Gasteiger partial charge in [-0.05, 0) is 36.8 Å². The van der Waals surface area contributed by atoms with Crippen LogP contribution in [-0.4, -0.2) is 22.8 Å². The van der Waals surface area contributed by atoms with E-state index in [0.717, 1.165) is 5.56 Å². The Kier molecular flexibility index (Phi) is 4.77. The predicted molar refractivity (Wildman–Crippen MR) is 84.0 cm³/mol. The molecule has 21 heavy (non-hydrogen) atoms. The molecule has 0 fully saturated rings. The highest BCUT2D eigenvalue weighted by Crippen LogP contribution is 2.22. The van der Waals surface area contributed by atoms with Gasteiger partial charge in [0.25, 0.3) is 5.91 Å². The number of hydrazine groups is 1. The Hall–Kier alpha value is -2.11. The van der Waals surface area contributed by atoms with E-state index in [1.54, 1.807) is 30.1 Å². The molecule has 0 saturated heterocycles. The molecule has 0 aliphatic rings. The number of nitrogens with two attached hydrogens (primary N) is 1. The van der Waals surface area contributed by atoms with Crippen molar-refractivity contribution in [1.29, 1.82) is 0 Å². The maximum absolute atomic E-state index is 12.5. The number of halogens is 1. The summed E-state index contributed by atoms with van der Waals surface area (Å²) < 4.78 is 0. The summed E-state index contributed by atoms with van der Waals surface area (Å²) in [6, 6.07) is 12.4. The van der Waals surface area contributed by atoms with E-state index in [0.29, 0.717) is 16.5 Å². The number of nitrogens with zero attached hydrogens (tertiary/aromatic N) is 2. The standard InChI is InChI=1S/C15H17ClN4O/c1-10(11-6-8-12(16)9-7-11)20(2)15(21)13-4-3-5-14(18-13)19-17/h3-10H,17H2,1-2H3,(H,18,19). The molecule has 3 N–H and O–H groups in total. The lowest BCUT2D eigenvalue weighted by molar-refractivity contribution is 0.0737. The Morgan fingerprint density at radius 2 is 1.95 bits per heavy atom. The zero-order valence-corrected chi connectivity index (χ0v) is 12.6. The fraction of sp³-hybridized carbons (Fsp3) is 0.200. The second-order valence-electron chi connectivity index (χ2n) is 4.70. The fourth-order valence-electron chi connectivity index (χ4n) is 1.96. The molecule has 0 saturated carbocycles. The van der Waals surface area contributed by atoms with Gasteiger partial charge in [-0.25, -0.2) is 10.8 Å². The van der Waals surface area contributed by atoms with Crippen molar-refractivity contribution < 1.29 is 4.79 Å². The lowest BCUT2D eigenvalue weighted by atomic mass is 10.1. The SMILES string of the molecule is CC(c1ccc(Cl)cc1)N(C)C(=O)c1cccc(NN)n1. The van der Waals surface area contributed by atoms with E-state index >= 15 is 0 Å². The fourth-order valence-corrected chi connectivity index (χ4v) is 2.08. The highest BCUT2D eigenvalue weighted by atomic mass is 35.5. The van der Waals surface area contributed by atoms with Crippen LogP contribution in [0.3, 0.4) is 0 Å². The second kappa shape index (κ2) is 6.56. The van der Waals surface area contributed by atoms with Crippen LogP contribution in [0.4, 0.5) is 5.82 Å². The number of benzene rings is 1. The first kappa shape index (κ1) is 15.3. The zero-order chi connectivity index (χ0) is 15.4. The predicted octanol–water partition coefficient (Wildman–Crippen LogP) is 2.85. The van der Waals surface area contributed by atoms with E-state index in [1.165, 1.54) is 0 Å². The minimum Gasteiger partial charge on any atom is -0.334 e. The molecule has 0 bridgehead atoms. The molecule has 6 heteroatoms. The third-order valence-corrected chi connectivity index (χ3v) is 3.62. The highest BCUT2D eigenvalue weighted by molar-refractivity contribution is 6.30. The van der Waals surface area contributed by atoms with Crippen molar-refractivity contribution in [2.24, 2.45) is 5.84 Å². The second-order valence-corrected chi connectivity index (χ2v) is 5.13. The monoisotopic (exact) mass is 304 g/mol. The Balaban J connectivity index is 2.19. The quantitative estimate of drug-likeness (QED) is 0.673. The van der Waals surface area contributed by atoms with Crippen molar-refractivity contribution in [3.63, 3.8) is 0 Å². The molecule has 1 heterocycles. The van der Waals surface area contributed by atoms with Crippen LogP contribution < -0.4 is 11.3 Å². The number of hydrogen-bond donors (Lipinski definition) is 2. The first-order chi connectivity index (χ1) is 10.0. The summed E-state index contributed by atoms with van der Waals surface area (Å²) in [5, 5.41) is 0.670. The van der Waals surface area contributed by atoms with E-state index in [1.807, 2.05) is 31.2 Å². The number of pyridine rings is 1. The number of nitrogens with one attached hydrogen (secondary N) is 1. The average Bonchev–Trinajstić information content (AvgIpc) is 2.53. The van der Waals surface area contributed by atoms with E-state index in [2.05, 4.69) is 10.4 Å². The molecular formula is C15H17ClN4O. The van der Waals surface area contributed by atoms with Gasteiger partial charge in [-0.2, -0.15) is 0 Å². The molecule has 2 aromatic rings. The number of carbonyl (C=O) groups is 1. The van der Waals surface area contributed by atoms with E-state index < -0.39 is 0 Å². The Morgan fingerprint density at radius 3 is 2.57 bits per heavy atom. The Bertz CT molecular complexity index is 630. The van der Waals surface area contributed by atoms with Gasteiger partial charge in [0.1, 0.15) is 11.5 Å². The van der Waals surface area contributed by atoms with E-state index in [9.17, 15) is 4.79 Å². The maximum atomic E-state index is 12.5. The van der Waals surface area contributed by atoms with Gasteiger partial charge >= 0.3 is 0 Å². The topological polar surface area (TPSA) is 71.2 Å². The molecule has 1 aromatic heterocycles. The first-order valence-corrected chi connectivity index (χ1v) is 6.87. The Labute approximate surface area is 128 Å². The van der Waals surface area contributed by atoms with Crippen molar-refractivity contribution in [3.8, 4) is 0 Å². The van der Waals surface area contributed by atoms with Gasteiger partial charge in [-0.1, -0.05) is 29.8 Å². The zero-order valence-electron chi connectivity index (χ0n) is 11.9. The minimum atomic E-state index is -0.172. The number of aromatic nitrogens is 1. The van der Waals surface area contributed by atoms with Gasteiger partial charge in [-0.3, -0.25) is 4.79 Å². The number of anilines is 1. The first-order valence-electron chi connectivity index (χ1n) is 6.49. The lowest BCUT2D eigenvalue weighted by Gasteiger charge is -2.25. The van der Waals surface area contributed by atoms with Crippen molar-refractivity contribution in [2.75, 3.05) is 12.5 Å². The van der Waals surface area contributed by atoms with E-state index in [4.69, 9.17) is 17.4 Å². The maximum Gasteiger partial charge on any atom is 0.272 e. The summed E-state index contributed by atoms with van der Waals surface area (Å²) in [6.45, 7) is 1.95. The molecule has 1 unspecified atom stereocenters. The molecule has 0 spiro atoms. The molecule has 0 aliphatic heterocycles. The molecule has 1 atom stereocenters. The number of carbonyl (C=O) groups excluding carboxylic acids is 1. The minimum absolute atomic E-state index is 0.0916. The van der Waals surface area contributed by atoms with Crippen molar-refractivity contribution in [1.82, 2.24) is 9.88 Å². The van der Waals surface area contributed by atoms with Crippen LogP contribution in [-0.2, 0) is 0 Å². The average molecular weight is 305 g/mol. The van der Waals surface area contributed by atoms with Gasteiger partial charge < -0.3 is 10.3 Å². The smallest absolute Gasteiger partial charge is 0.272 e. The summed E-state index contributed by atoms with van der Waals surface area (Å²) >= 11 is 5.88. The molecule has 2 rings (SSSR count). The molecule has 5 nitrogen and oxygen atoms in total. The molecule has 0 aliphatic carbocycles. The van der Waals surface area contributed by atoms with Crippen LogP contribution >= 0.6 is 11.6 Å². The third kappa shape index (κ3) is 3.51. The van der Waals surface area contributed by atoms with Gasteiger partial charge in [-0.15, -0.1) is 0 Å². The van der Waals surface area contributed by atoms with Crippen molar-refractivity contribution >= 4 is 23.3 Å². The normalized spacial score (nSPS) is 11.8. The van der Waals surface area contributed by atoms with E-state index in [-0.39, 0.29) is 11.9 Å². The molecular weight excluding hydrogens is 288 g/mol. The summed E-state index contributed by atoms with van der Waals surface area (Å²) in [4.78, 5) is 18.2. The summed E-state index contributed by atoms with van der Waals surface area (Å²) in [5.41, 5.74) is 3.78. The van der Waals surface area contributed by atoms with Crippen molar-refractivity contribution in [3.05, 3.63) is 58.7 Å². The lowest BCUT2D eigenvalue weighted by Crippen LogP contribution is -2.30. The van der Waals surface area contributed by atoms with Crippen LogP contribution in [0, 0.1) is 0 Å². The van der Waals surface area contributed by atoms with Crippen molar-refractivity contribution in [2.45, 2.75) is 13.0 Å². The molecule has 1 amide bonds. The third-order valence-electron chi connectivity index (χ3n) is 3.37. The summed E-state index contributed by atoms with van der Waals surface area (Å²) in [6.07, 6.45) is 0. The molecule has 110 valence electrons. The molecule has 0 radical (unpaired) electrons. The Morgan fingerprint density at radius 1 is 1.29 bits per heavy atom. The van der Waals surface area contributed by atoms with Crippen LogP contribution in [0.5, 0.6) is 0 Å². The molecule has 1 aromatic carbocycles. The number of rotatable bonds is 4. The number of amides is 1. The highest BCUT2D eigenvalue weighted by Gasteiger charge is 2.20. The van der Waals surface area contributed by atoms with Gasteiger partial charge in [0, 0.05) is 12.1 Å².